The van der Waals surface area contributed by atoms with Gasteiger partial charge < -0.3 is 0 Å². The molecule has 2 rings (SSSR count). The van der Waals surface area contributed by atoms with E-state index in [9.17, 15) is 21.4 Å². The lowest BCUT2D eigenvalue weighted by Crippen LogP contribution is -2.10. The van der Waals surface area contributed by atoms with Gasteiger partial charge in [-0.1, -0.05) is 0 Å². The van der Waals surface area contributed by atoms with E-state index in [1.165, 1.54) is 12.1 Å². The zero-order valence-electron chi connectivity index (χ0n) is 8.88. The molecule has 0 spiro atoms. The maximum atomic E-state index is 12.8. The Morgan fingerprint density at radius 1 is 1.16 bits per heavy atom. The van der Waals surface area contributed by atoms with Gasteiger partial charge in [0.05, 0.1) is 4.47 Å². The predicted octanol–water partition coefficient (Wildman–Crippen LogP) is 4.85. The van der Waals surface area contributed by atoms with Crippen molar-refractivity contribution >= 4 is 28.3 Å². The number of hydrogen-bond donors (Lipinski definition) is 0. The lowest BCUT2D eigenvalue weighted by Gasteiger charge is -2.06. The molecule has 0 amide bonds. The summed E-state index contributed by atoms with van der Waals surface area (Å²) in [4.78, 5) is 0. The van der Waals surface area contributed by atoms with E-state index in [4.69, 9.17) is 0 Å². The number of benzene rings is 1. The van der Waals surface area contributed by atoms with Gasteiger partial charge in [-0.05, 0) is 40.2 Å². The van der Waals surface area contributed by atoms with Crippen LogP contribution < -0.4 is 0 Å². The molecule has 2 nitrogen and oxygen atoms in total. The molecule has 0 saturated heterocycles. The van der Waals surface area contributed by atoms with Crippen molar-refractivity contribution in [3.05, 3.63) is 40.2 Å². The highest BCUT2D eigenvalue weighted by Gasteiger charge is 2.40. The van der Waals surface area contributed by atoms with E-state index < -0.39 is 34.5 Å². The number of halogens is 6. The first kappa shape index (κ1) is 14.3. The Morgan fingerprint density at radius 3 is 2.16 bits per heavy atom. The third kappa shape index (κ3) is 2.76. The molecule has 0 atom stereocenters. The molecule has 1 heterocycles. The molecule has 0 aliphatic rings. The van der Waals surface area contributed by atoms with E-state index in [1.807, 2.05) is 0 Å². The minimum Gasteiger partial charge on any atom is -0.207 e. The number of aromatic nitrogens is 2. The van der Waals surface area contributed by atoms with Crippen molar-refractivity contribution in [3.63, 3.8) is 0 Å². The highest BCUT2D eigenvalue weighted by Crippen LogP contribution is 2.41. The minimum absolute atomic E-state index is 0.113. The Bertz CT molecular complexity index is 593. The van der Waals surface area contributed by atoms with E-state index >= 15 is 0 Å². The van der Waals surface area contributed by atoms with Crippen LogP contribution in [0.1, 0.15) is 5.69 Å². The fraction of sp³-hybridized carbons (Fsp3) is 0.100. The molecule has 0 fully saturated rings. The van der Waals surface area contributed by atoms with Gasteiger partial charge in [0.15, 0.2) is 18.0 Å². The summed E-state index contributed by atoms with van der Waals surface area (Å²) in [5.41, 5.74) is -1.12. The zero-order valence-corrected chi connectivity index (χ0v) is 11.3. The normalized spacial score (nSPS) is 11.9. The average molecular weight is 359 g/mol. The second-order valence-electron chi connectivity index (χ2n) is 3.46. The van der Waals surface area contributed by atoms with Gasteiger partial charge in [-0.15, -0.1) is 3.89 Å². The van der Waals surface area contributed by atoms with Crippen molar-refractivity contribution in [1.29, 1.82) is 0 Å². The topological polar surface area (TPSA) is 17.8 Å². The quantitative estimate of drug-likeness (QED) is 0.714. The third-order valence-corrected chi connectivity index (χ3v) is 3.40. The lowest BCUT2D eigenvalue weighted by atomic mass is 10.1. The van der Waals surface area contributed by atoms with Gasteiger partial charge in [-0.25, -0.2) is 4.39 Å². The second kappa shape index (κ2) is 5.12. The minimum atomic E-state index is -4.76. The van der Waals surface area contributed by atoms with Gasteiger partial charge in [0.2, 0.25) is 0 Å². The largest absolute Gasteiger partial charge is 0.435 e. The Kier molecular flexibility index (Phi) is 3.86. The van der Waals surface area contributed by atoms with Crippen molar-refractivity contribution in [2.24, 2.45) is 0 Å². The van der Waals surface area contributed by atoms with E-state index in [0.29, 0.717) is 0 Å². The molecule has 19 heavy (non-hydrogen) atoms. The van der Waals surface area contributed by atoms with Gasteiger partial charge in [0.1, 0.15) is 11.5 Å². The van der Waals surface area contributed by atoms with Gasteiger partial charge >= 0.3 is 6.18 Å². The molecule has 0 aliphatic carbocycles. The summed E-state index contributed by atoms with van der Waals surface area (Å²) in [6.45, 7) is 0. The molecule has 0 unspecified atom stereocenters. The van der Waals surface area contributed by atoms with Gasteiger partial charge in [0.25, 0.3) is 0 Å². The van der Waals surface area contributed by atoms with Crippen LogP contribution >= 0.6 is 28.3 Å². The summed E-state index contributed by atoms with van der Waals surface area (Å²) >= 11 is 2.09. The SMILES string of the molecule is FSn1nc(-c2ccc(F)cc2)c(Br)c1C(F)(F)F. The van der Waals surface area contributed by atoms with Crippen LogP contribution in [0.3, 0.4) is 0 Å². The van der Waals surface area contributed by atoms with Crippen molar-refractivity contribution in [2.75, 3.05) is 0 Å². The van der Waals surface area contributed by atoms with E-state index in [1.54, 1.807) is 0 Å². The molecular formula is C10H4BrF5N2S. The molecule has 1 aromatic heterocycles. The van der Waals surface area contributed by atoms with Crippen molar-refractivity contribution in [1.82, 2.24) is 9.19 Å². The van der Waals surface area contributed by atoms with E-state index in [2.05, 4.69) is 21.0 Å². The number of hydrogen-bond acceptors (Lipinski definition) is 2. The Morgan fingerprint density at radius 2 is 1.74 bits per heavy atom. The van der Waals surface area contributed by atoms with Crippen molar-refractivity contribution in [2.45, 2.75) is 6.18 Å². The number of alkyl halides is 3. The lowest BCUT2D eigenvalue weighted by molar-refractivity contribution is -0.142. The van der Waals surface area contributed by atoms with Crippen molar-refractivity contribution < 1.29 is 21.4 Å². The molecular weight excluding hydrogens is 355 g/mol. The standard InChI is InChI=1S/C10H4BrF5N2S/c11-7-8(5-1-3-6(12)4-2-5)17-18(19-16)9(7)10(13,14)15/h1-4H. The molecule has 9 heteroatoms. The Balaban J connectivity index is 2.60. The Labute approximate surface area is 117 Å². The maximum absolute atomic E-state index is 12.8. The first-order valence-corrected chi connectivity index (χ1v) is 6.22. The van der Waals surface area contributed by atoms with Gasteiger partial charge in [-0.2, -0.15) is 22.4 Å². The van der Waals surface area contributed by atoms with E-state index in [0.717, 1.165) is 12.1 Å². The molecule has 1 aromatic carbocycles. The Hall–Kier alpha value is -1.09. The predicted molar refractivity (Wildman–Crippen MR) is 64.4 cm³/mol. The van der Waals surface area contributed by atoms with Crippen LogP contribution in [-0.2, 0) is 6.18 Å². The summed E-state index contributed by atoms with van der Waals surface area (Å²) in [5.74, 6) is -0.532. The van der Waals surface area contributed by atoms with E-state index in [-0.39, 0.29) is 15.3 Å². The third-order valence-electron chi connectivity index (χ3n) is 2.25. The number of nitrogens with zero attached hydrogens (tertiary/aromatic N) is 2. The molecule has 0 radical (unpaired) electrons. The molecule has 2 aromatic rings. The summed E-state index contributed by atoms with van der Waals surface area (Å²) in [6, 6.07) is 4.68. The second-order valence-corrected chi connectivity index (χ2v) is 4.73. The average Bonchev–Trinajstić information content (AvgIpc) is 2.67. The molecule has 102 valence electrons. The summed E-state index contributed by atoms with van der Waals surface area (Å²) in [5, 5.41) is 3.51. The van der Waals surface area contributed by atoms with Crippen LogP contribution in [0.2, 0.25) is 0 Å². The first-order chi connectivity index (χ1) is 8.84. The fourth-order valence-electron chi connectivity index (χ4n) is 1.46. The molecule has 0 bridgehead atoms. The van der Waals surface area contributed by atoms with Crippen LogP contribution in [0.25, 0.3) is 11.3 Å². The van der Waals surface area contributed by atoms with Crippen molar-refractivity contribution in [3.8, 4) is 11.3 Å². The van der Waals surface area contributed by atoms with Crippen LogP contribution in [-0.4, -0.2) is 9.19 Å². The van der Waals surface area contributed by atoms with Crippen LogP contribution in [0.4, 0.5) is 21.4 Å². The maximum Gasteiger partial charge on any atom is 0.435 e. The molecule has 0 saturated carbocycles. The fourth-order valence-corrected chi connectivity index (χ4v) is 2.65. The number of rotatable bonds is 2. The van der Waals surface area contributed by atoms with Crippen LogP contribution in [0.15, 0.2) is 28.7 Å². The molecule has 0 aliphatic heterocycles. The highest BCUT2D eigenvalue weighted by atomic mass is 79.9. The zero-order chi connectivity index (χ0) is 14.2. The monoisotopic (exact) mass is 358 g/mol. The van der Waals surface area contributed by atoms with Gasteiger partial charge in [-0.3, -0.25) is 0 Å². The summed E-state index contributed by atoms with van der Waals surface area (Å²) < 4.78 is 63.3. The molecule has 0 N–H and O–H groups in total. The van der Waals surface area contributed by atoms with Crippen LogP contribution in [0, 0.1) is 5.82 Å². The van der Waals surface area contributed by atoms with Gasteiger partial charge in [0, 0.05) is 5.56 Å². The smallest absolute Gasteiger partial charge is 0.207 e. The summed E-state index contributed by atoms with van der Waals surface area (Å²) in [7, 11) is 0. The van der Waals surface area contributed by atoms with Crippen LogP contribution in [0.5, 0.6) is 0 Å². The first-order valence-electron chi connectivity index (χ1n) is 4.75. The summed E-state index contributed by atoms with van der Waals surface area (Å²) in [6.07, 6.45) is -4.76. The highest BCUT2D eigenvalue weighted by molar-refractivity contribution is 9.10.